The number of nitrogens with two attached hydrogens (primary N) is 1. The molecule has 1 aliphatic carbocycles. The summed E-state index contributed by atoms with van der Waals surface area (Å²) in [5.41, 5.74) is 5.61. The zero-order chi connectivity index (χ0) is 16.0. The zero-order valence-corrected chi connectivity index (χ0v) is 13.2. The second kappa shape index (κ2) is 5.45. The van der Waals surface area contributed by atoms with Crippen molar-refractivity contribution in [1.29, 1.82) is 0 Å². The maximum Gasteiger partial charge on any atom is 0.264 e. The third-order valence-electron chi connectivity index (χ3n) is 4.29. The lowest BCUT2D eigenvalue weighted by atomic mass is 10.2. The quantitative estimate of drug-likeness (QED) is 0.923. The van der Waals surface area contributed by atoms with Crippen molar-refractivity contribution in [3.8, 4) is 0 Å². The van der Waals surface area contributed by atoms with E-state index in [-0.39, 0.29) is 11.9 Å². The van der Waals surface area contributed by atoms with E-state index >= 15 is 0 Å². The van der Waals surface area contributed by atoms with E-state index in [0.29, 0.717) is 34.6 Å². The van der Waals surface area contributed by atoms with E-state index in [9.17, 15) is 9.59 Å². The van der Waals surface area contributed by atoms with E-state index < -0.39 is 5.91 Å². The van der Waals surface area contributed by atoms with Gasteiger partial charge in [0.05, 0.1) is 16.5 Å². The summed E-state index contributed by atoms with van der Waals surface area (Å²) in [4.78, 5) is 30.7. The Morgan fingerprint density at radius 3 is 2.87 bits per heavy atom. The van der Waals surface area contributed by atoms with Crippen LogP contribution in [0.15, 0.2) is 16.0 Å². The summed E-state index contributed by atoms with van der Waals surface area (Å²) in [6.45, 7) is 0.653. The van der Waals surface area contributed by atoms with Crippen molar-refractivity contribution in [2.75, 3.05) is 6.54 Å². The predicted octanol–water partition coefficient (Wildman–Crippen LogP) is 2.08. The number of rotatable bonds is 4. The molecule has 1 atom stereocenters. The Kier molecular flexibility index (Phi) is 3.41. The standard InChI is InChI=1S/C15H16N4O3S/c16-12(20)9-6-11(23-7-9)15(21)19-5-1-2-10(19)13-17-14(22-18-13)8-3-4-8/h6-8,10H,1-5H2,(H2,16,20)/t10-/m0/s1. The number of carbonyl (C=O) groups is 2. The number of hydrogen-bond acceptors (Lipinski definition) is 6. The fraction of sp³-hybridized carbons (Fsp3) is 0.467. The Hall–Kier alpha value is -2.22. The minimum absolute atomic E-state index is 0.109. The number of primary amides is 1. The predicted molar refractivity (Wildman–Crippen MR) is 82.1 cm³/mol. The molecule has 2 fully saturated rings. The van der Waals surface area contributed by atoms with Crippen LogP contribution in [0.2, 0.25) is 0 Å². The molecular formula is C15H16N4O3S. The fourth-order valence-corrected chi connectivity index (χ4v) is 3.73. The SMILES string of the molecule is NC(=O)c1csc(C(=O)N2CCC[C@H]2c2noc(C3CC3)n2)c1. The lowest BCUT2D eigenvalue weighted by Crippen LogP contribution is -2.30. The minimum Gasteiger partial charge on any atom is -0.366 e. The van der Waals surface area contributed by atoms with Gasteiger partial charge in [0.15, 0.2) is 5.82 Å². The summed E-state index contributed by atoms with van der Waals surface area (Å²) in [7, 11) is 0. The van der Waals surface area contributed by atoms with Gasteiger partial charge in [0.1, 0.15) is 0 Å². The van der Waals surface area contributed by atoms with E-state index in [1.807, 2.05) is 0 Å². The lowest BCUT2D eigenvalue weighted by Gasteiger charge is -2.21. The summed E-state index contributed by atoms with van der Waals surface area (Å²) in [6.07, 6.45) is 3.92. The highest BCUT2D eigenvalue weighted by molar-refractivity contribution is 7.12. The summed E-state index contributed by atoms with van der Waals surface area (Å²) in [5.74, 6) is 1.04. The van der Waals surface area contributed by atoms with Crippen LogP contribution in [0.3, 0.4) is 0 Å². The van der Waals surface area contributed by atoms with Crippen molar-refractivity contribution in [3.63, 3.8) is 0 Å². The van der Waals surface area contributed by atoms with Crippen molar-refractivity contribution in [2.24, 2.45) is 5.73 Å². The van der Waals surface area contributed by atoms with Crippen LogP contribution in [-0.4, -0.2) is 33.4 Å². The number of thiophene rings is 1. The van der Waals surface area contributed by atoms with E-state index in [1.165, 1.54) is 11.3 Å². The van der Waals surface area contributed by atoms with Gasteiger partial charge in [-0.3, -0.25) is 9.59 Å². The maximum atomic E-state index is 12.7. The van der Waals surface area contributed by atoms with Gasteiger partial charge < -0.3 is 15.2 Å². The first-order valence-electron chi connectivity index (χ1n) is 7.66. The molecular weight excluding hydrogens is 316 g/mol. The monoisotopic (exact) mass is 332 g/mol. The number of amides is 2. The first-order valence-corrected chi connectivity index (χ1v) is 8.54. The second-order valence-electron chi connectivity index (χ2n) is 5.99. The van der Waals surface area contributed by atoms with Gasteiger partial charge in [-0.1, -0.05) is 5.16 Å². The molecule has 0 spiro atoms. The molecule has 2 N–H and O–H groups in total. The third kappa shape index (κ3) is 2.63. The molecule has 120 valence electrons. The molecule has 3 heterocycles. The average Bonchev–Trinajstić information content (AvgIpc) is 3.02. The van der Waals surface area contributed by atoms with E-state index in [4.69, 9.17) is 10.3 Å². The number of carbonyl (C=O) groups excluding carboxylic acids is 2. The van der Waals surface area contributed by atoms with Crippen molar-refractivity contribution in [1.82, 2.24) is 15.0 Å². The van der Waals surface area contributed by atoms with Crippen molar-refractivity contribution >= 4 is 23.2 Å². The van der Waals surface area contributed by atoms with Gasteiger partial charge in [0.25, 0.3) is 5.91 Å². The molecule has 2 aromatic heterocycles. The average molecular weight is 332 g/mol. The maximum absolute atomic E-state index is 12.7. The van der Waals surface area contributed by atoms with Crippen LogP contribution in [0.5, 0.6) is 0 Å². The van der Waals surface area contributed by atoms with Gasteiger partial charge in [-0.2, -0.15) is 4.98 Å². The molecule has 1 saturated carbocycles. The summed E-state index contributed by atoms with van der Waals surface area (Å²) < 4.78 is 5.31. The van der Waals surface area contributed by atoms with Crippen molar-refractivity contribution in [3.05, 3.63) is 33.6 Å². The highest BCUT2D eigenvalue weighted by Crippen LogP contribution is 2.40. The van der Waals surface area contributed by atoms with Crippen LogP contribution in [0.4, 0.5) is 0 Å². The highest BCUT2D eigenvalue weighted by Gasteiger charge is 2.36. The molecule has 2 aliphatic rings. The number of nitrogens with zero attached hydrogens (tertiary/aromatic N) is 3. The largest absolute Gasteiger partial charge is 0.366 e. The topological polar surface area (TPSA) is 102 Å². The number of likely N-dealkylation sites (tertiary alicyclic amines) is 1. The summed E-state index contributed by atoms with van der Waals surface area (Å²) in [5, 5.41) is 5.68. The normalized spacial score (nSPS) is 20.9. The van der Waals surface area contributed by atoms with Crippen molar-refractivity contribution < 1.29 is 14.1 Å². The van der Waals surface area contributed by atoms with Gasteiger partial charge >= 0.3 is 0 Å². The van der Waals surface area contributed by atoms with Crippen LogP contribution in [0.25, 0.3) is 0 Å². The van der Waals surface area contributed by atoms with Gasteiger partial charge in [-0.15, -0.1) is 11.3 Å². The van der Waals surface area contributed by atoms with Gasteiger partial charge in [0.2, 0.25) is 11.8 Å². The molecule has 2 aromatic rings. The van der Waals surface area contributed by atoms with Crippen LogP contribution < -0.4 is 5.73 Å². The second-order valence-corrected chi connectivity index (χ2v) is 6.90. The third-order valence-corrected chi connectivity index (χ3v) is 5.21. The van der Waals surface area contributed by atoms with Crippen LogP contribution in [0, 0.1) is 0 Å². The molecule has 0 bridgehead atoms. The van der Waals surface area contributed by atoms with Gasteiger partial charge in [-0.25, -0.2) is 0 Å². The highest BCUT2D eigenvalue weighted by atomic mass is 32.1. The fourth-order valence-electron chi connectivity index (χ4n) is 2.88. The van der Waals surface area contributed by atoms with Crippen LogP contribution in [0.1, 0.15) is 69.4 Å². The Balaban J connectivity index is 1.55. The van der Waals surface area contributed by atoms with Crippen LogP contribution in [-0.2, 0) is 0 Å². The zero-order valence-electron chi connectivity index (χ0n) is 12.4. The minimum atomic E-state index is -0.523. The molecule has 8 heteroatoms. The Labute approximate surface area is 136 Å². The molecule has 4 rings (SSSR count). The first kappa shape index (κ1) is 14.4. The van der Waals surface area contributed by atoms with Crippen molar-refractivity contribution in [2.45, 2.75) is 37.6 Å². The van der Waals surface area contributed by atoms with Gasteiger partial charge in [0, 0.05) is 17.8 Å². The van der Waals surface area contributed by atoms with E-state index in [1.54, 1.807) is 16.3 Å². The molecule has 0 aromatic carbocycles. The Morgan fingerprint density at radius 2 is 2.17 bits per heavy atom. The Morgan fingerprint density at radius 1 is 1.35 bits per heavy atom. The molecule has 1 aliphatic heterocycles. The van der Waals surface area contributed by atoms with E-state index in [2.05, 4.69) is 10.1 Å². The smallest absolute Gasteiger partial charge is 0.264 e. The van der Waals surface area contributed by atoms with Crippen LogP contribution >= 0.6 is 11.3 Å². The molecule has 2 amide bonds. The van der Waals surface area contributed by atoms with E-state index in [0.717, 1.165) is 25.7 Å². The van der Waals surface area contributed by atoms with Gasteiger partial charge in [-0.05, 0) is 31.7 Å². The number of hydrogen-bond donors (Lipinski definition) is 1. The molecule has 7 nitrogen and oxygen atoms in total. The molecule has 0 unspecified atom stereocenters. The first-order chi connectivity index (χ1) is 11.1. The molecule has 0 radical (unpaired) electrons. The molecule has 23 heavy (non-hydrogen) atoms. The number of aromatic nitrogens is 2. The summed E-state index contributed by atoms with van der Waals surface area (Å²) >= 11 is 1.23. The lowest BCUT2D eigenvalue weighted by molar-refractivity contribution is 0.0733. The summed E-state index contributed by atoms with van der Waals surface area (Å²) in [6, 6.07) is 1.40. The molecule has 1 saturated heterocycles. The Bertz CT molecular complexity index is 764.